The Balaban J connectivity index is 1.25. The molecule has 1 amide bonds. The standard InChI is InChI=1S/C30H34N4O5S/c1-29(2)18-23-22(9-11-25(38-5)26(23)39-29)27-30(3,4)28(35)34(32-27)20-12-15-33(16-13-20)40(36,37)21-8-10-24-19(17-21)7-6-14-31-24/h6-11,14,17,20H,12-13,15-16,18H2,1-5H3. The topological polar surface area (TPSA) is 101 Å². The van der Waals surface area contributed by atoms with E-state index >= 15 is 0 Å². The quantitative estimate of drug-likeness (QED) is 0.457. The van der Waals surface area contributed by atoms with Crippen molar-refractivity contribution in [2.75, 3.05) is 20.2 Å². The molecule has 1 aromatic heterocycles. The van der Waals surface area contributed by atoms with Gasteiger partial charge in [0, 0.05) is 42.2 Å². The molecule has 0 radical (unpaired) electrons. The zero-order valence-electron chi connectivity index (χ0n) is 23.5. The number of fused-ring (bicyclic) bond motifs is 2. The lowest BCUT2D eigenvalue weighted by molar-refractivity contribution is -0.137. The van der Waals surface area contributed by atoms with Gasteiger partial charge in [-0.15, -0.1) is 0 Å². The molecule has 6 rings (SSSR count). The minimum atomic E-state index is -3.67. The zero-order valence-corrected chi connectivity index (χ0v) is 24.3. The summed E-state index contributed by atoms with van der Waals surface area (Å²) in [5, 5.41) is 7.28. The molecule has 10 heteroatoms. The van der Waals surface area contributed by atoms with E-state index in [0.717, 1.165) is 22.0 Å². The maximum atomic E-state index is 13.7. The van der Waals surface area contributed by atoms with Gasteiger partial charge in [-0.3, -0.25) is 9.78 Å². The van der Waals surface area contributed by atoms with Crippen LogP contribution in [0.4, 0.5) is 0 Å². The van der Waals surface area contributed by atoms with Crippen LogP contribution in [0.2, 0.25) is 0 Å². The number of nitrogens with zero attached hydrogens (tertiary/aromatic N) is 4. The molecule has 3 aromatic rings. The minimum absolute atomic E-state index is 0.0754. The molecule has 1 saturated heterocycles. The predicted octanol–water partition coefficient (Wildman–Crippen LogP) is 4.38. The first kappa shape index (κ1) is 26.7. The van der Waals surface area contributed by atoms with Crippen molar-refractivity contribution in [2.24, 2.45) is 10.5 Å². The Kier molecular flexibility index (Phi) is 6.19. The third-order valence-corrected chi connectivity index (χ3v) is 10.1. The maximum Gasteiger partial charge on any atom is 0.254 e. The maximum absolute atomic E-state index is 13.7. The third kappa shape index (κ3) is 4.25. The summed E-state index contributed by atoms with van der Waals surface area (Å²) in [7, 11) is -2.05. The molecule has 210 valence electrons. The molecule has 0 N–H and O–H groups in total. The fourth-order valence-corrected chi connectivity index (χ4v) is 7.51. The van der Waals surface area contributed by atoms with Crippen molar-refractivity contribution in [2.45, 2.75) is 63.5 Å². The number of pyridine rings is 1. The van der Waals surface area contributed by atoms with Gasteiger partial charge in [-0.2, -0.15) is 9.41 Å². The number of carbonyl (C=O) groups is 1. The number of benzene rings is 2. The van der Waals surface area contributed by atoms with Gasteiger partial charge in [0.15, 0.2) is 11.5 Å². The summed E-state index contributed by atoms with van der Waals surface area (Å²) in [5.41, 5.74) is 2.13. The summed E-state index contributed by atoms with van der Waals surface area (Å²) in [6.45, 7) is 8.50. The number of methoxy groups -OCH3 is 1. The van der Waals surface area contributed by atoms with E-state index in [2.05, 4.69) is 4.98 Å². The van der Waals surface area contributed by atoms with E-state index in [-0.39, 0.29) is 16.8 Å². The second-order valence-electron chi connectivity index (χ2n) is 11.9. The van der Waals surface area contributed by atoms with Gasteiger partial charge < -0.3 is 9.47 Å². The van der Waals surface area contributed by atoms with Crippen LogP contribution in [0.1, 0.15) is 51.7 Å². The number of ether oxygens (including phenoxy) is 2. The highest BCUT2D eigenvalue weighted by atomic mass is 32.2. The van der Waals surface area contributed by atoms with Crippen molar-refractivity contribution < 1.29 is 22.7 Å². The van der Waals surface area contributed by atoms with E-state index in [1.54, 1.807) is 42.6 Å². The largest absolute Gasteiger partial charge is 0.493 e. The molecule has 0 saturated carbocycles. The molecular weight excluding hydrogens is 528 g/mol. The second-order valence-corrected chi connectivity index (χ2v) is 13.8. The van der Waals surface area contributed by atoms with Gasteiger partial charge in [0.05, 0.1) is 34.7 Å². The Hall–Kier alpha value is -3.50. The van der Waals surface area contributed by atoms with E-state index in [0.29, 0.717) is 49.6 Å². The van der Waals surface area contributed by atoms with Crippen LogP contribution in [0.5, 0.6) is 11.5 Å². The van der Waals surface area contributed by atoms with Crippen molar-refractivity contribution in [3.8, 4) is 11.5 Å². The summed E-state index contributed by atoms with van der Waals surface area (Å²) < 4.78 is 40.2. The molecule has 0 bridgehead atoms. The Morgan fingerprint density at radius 1 is 1.05 bits per heavy atom. The highest BCUT2D eigenvalue weighted by molar-refractivity contribution is 7.89. The van der Waals surface area contributed by atoms with Gasteiger partial charge in [-0.25, -0.2) is 13.4 Å². The van der Waals surface area contributed by atoms with E-state index < -0.39 is 21.0 Å². The number of piperidine rings is 1. The van der Waals surface area contributed by atoms with Crippen LogP contribution in [0, 0.1) is 5.41 Å². The van der Waals surface area contributed by atoms with Crippen LogP contribution in [-0.2, 0) is 21.2 Å². The number of hydrogen-bond donors (Lipinski definition) is 0. The first-order chi connectivity index (χ1) is 18.9. The molecule has 9 nitrogen and oxygen atoms in total. The smallest absolute Gasteiger partial charge is 0.254 e. The van der Waals surface area contributed by atoms with Crippen molar-refractivity contribution in [1.29, 1.82) is 0 Å². The number of aromatic nitrogens is 1. The summed E-state index contributed by atoms with van der Waals surface area (Å²) >= 11 is 0. The average molecular weight is 563 g/mol. The Bertz CT molecular complexity index is 1660. The number of hydrogen-bond acceptors (Lipinski definition) is 7. The Labute approximate surface area is 234 Å². The van der Waals surface area contributed by atoms with E-state index in [4.69, 9.17) is 14.6 Å². The number of rotatable bonds is 5. The molecule has 0 atom stereocenters. The van der Waals surface area contributed by atoms with E-state index in [1.165, 1.54) is 4.31 Å². The Morgan fingerprint density at radius 3 is 2.52 bits per heavy atom. The van der Waals surface area contributed by atoms with Crippen LogP contribution in [0.25, 0.3) is 10.9 Å². The van der Waals surface area contributed by atoms with Crippen molar-refractivity contribution in [3.63, 3.8) is 0 Å². The number of hydrazone groups is 1. The van der Waals surface area contributed by atoms with Crippen molar-refractivity contribution >= 4 is 32.5 Å². The van der Waals surface area contributed by atoms with E-state index in [1.807, 2.05) is 45.9 Å². The molecule has 0 aliphatic carbocycles. The van der Waals surface area contributed by atoms with Gasteiger partial charge in [0.2, 0.25) is 10.0 Å². The first-order valence-electron chi connectivity index (χ1n) is 13.6. The normalized spacial score (nSPS) is 20.9. The van der Waals surface area contributed by atoms with Gasteiger partial charge in [-0.05, 0) is 76.9 Å². The summed E-state index contributed by atoms with van der Waals surface area (Å²) in [4.78, 5) is 18.2. The van der Waals surface area contributed by atoms with Crippen LogP contribution >= 0.6 is 0 Å². The highest BCUT2D eigenvalue weighted by Crippen LogP contribution is 2.46. The molecule has 40 heavy (non-hydrogen) atoms. The lowest BCUT2D eigenvalue weighted by Gasteiger charge is -2.35. The SMILES string of the molecule is COc1ccc(C2=NN(C3CCN(S(=O)(=O)c4ccc5ncccc5c4)CC3)C(=O)C2(C)C)c2c1OC(C)(C)C2. The third-order valence-electron chi connectivity index (χ3n) is 8.20. The van der Waals surface area contributed by atoms with Crippen LogP contribution in [0.15, 0.2) is 58.7 Å². The van der Waals surface area contributed by atoms with Gasteiger partial charge >= 0.3 is 0 Å². The molecule has 0 spiro atoms. The second kappa shape index (κ2) is 9.27. The van der Waals surface area contributed by atoms with Crippen molar-refractivity contribution in [1.82, 2.24) is 14.3 Å². The van der Waals surface area contributed by atoms with E-state index in [9.17, 15) is 13.2 Å². The highest BCUT2D eigenvalue weighted by Gasteiger charge is 2.49. The molecule has 3 aliphatic rings. The lowest BCUT2D eigenvalue weighted by Crippen LogP contribution is -2.47. The van der Waals surface area contributed by atoms with Crippen LogP contribution < -0.4 is 9.47 Å². The summed E-state index contributed by atoms with van der Waals surface area (Å²) in [6.07, 6.45) is 3.37. The first-order valence-corrected chi connectivity index (χ1v) is 15.0. The van der Waals surface area contributed by atoms with Crippen LogP contribution in [-0.4, -0.2) is 66.2 Å². The molecular formula is C30H34N4O5S. The minimum Gasteiger partial charge on any atom is -0.493 e. The van der Waals surface area contributed by atoms with Crippen LogP contribution in [0.3, 0.4) is 0 Å². The summed E-state index contributed by atoms with van der Waals surface area (Å²) in [5.74, 6) is 1.30. The average Bonchev–Trinajstić information content (AvgIpc) is 3.39. The van der Waals surface area contributed by atoms with Crippen molar-refractivity contribution in [3.05, 3.63) is 59.8 Å². The molecule has 3 aliphatic heterocycles. The fraction of sp³-hybridized carbons (Fsp3) is 0.433. The van der Waals surface area contributed by atoms with Gasteiger partial charge in [0.1, 0.15) is 5.60 Å². The number of amides is 1. The Morgan fingerprint density at radius 2 is 1.80 bits per heavy atom. The number of sulfonamides is 1. The summed E-state index contributed by atoms with van der Waals surface area (Å²) in [6, 6.07) is 12.3. The monoisotopic (exact) mass is 562 g/mol. The lowest BCUT2D eigenvalue weighted by atomic mass is 9.80. The number of carbonyl (C=O) groups excluding carboxylic acids is 1. The van der Waals surface area contributed by atoms with Gasteiger partial charge in [-0.1, -0.05) is 6.07 Å². The molecule has 1 fully saturated rings. The molecule has 4 heterocycles. The zero-order chi connectivity index (χ0) is 28.4. The molecule has 2 aromatic carbocycles. The molecule has 0 unspecified atom stereocenters. The van der Waals surface area contributed by atoms with Gasteiger partial charge in [0.25, 0.3) is 5.91 Å². The fourth-order valence-electron chi connectivity index (χ4n) is 6.01. The predicted molar refractivity (Wildman–Crippen MR) is 152 cm³/mol.